The highest BCUT2D eigenvalue weighted by atomic mass is 16.5. The Balaban J connectivity index is 2.32. The van der Waals surface area contributed by atoms with E-state index in [4.69, 9.17) is 10.4 Å². The first-order chi connectivity index (χ1) is 8.27. The first-order valence-corrected chi connectivity index (χ1v) is 5.78. The second kappa shape index (κ2) is 5.66. The molecule has 1 unspecified atom stereocenters. The van der Waals surface area contributed by atoms with Gasteiger partial charge in [-0.3, -0.25) is 0 Å². The maximum absolute atomic E-state index is 5.80. The van der Waals surface area contributed by atoms with E-state index in [1.54, 1.807) is 0 Å². The molecule has 0 saturated heterocycles. The first-order valence-electron chi connectivity index (χ1n) is 5.78. The second-order valence-electron chi connectivity index (χ2n) is 4.04. The Morgan fingerprint density at radius 2 is 1.29 bits per heavy atom. The monoisotopic (exact) mass is 225 g/mol. The third-order valence-corrected chi connectivity index (χ3v) is 2.56. The fourth-order valence-corrected chi connectivity index (χ4v) is 1.82. The average Bonchev–Trinajstić information content (AvgIpc) is 2.38. The fraction of sp³-hybridized carbons (Fsp3) is 0.143. The summed E-state index contributed by atoms with van der Waals surface area (Å²) in [6.45, 7) is 1.75. The Bertz CT molecular complexity index is 405. The Kier molecular flexibility index (Phi) is 3.96. The molecule has 1 atom stereocenters. The summed E-state index contributed by atoms with van der Waals surface area (Å²) in [4.78, 5) is 0. The van der Waals surface area contributed by atoms with Crippen LogP contribution in [0.15, 0.2) is 60.7 Å². The molecule has 86 valence electrons. The zero-order valence-corrected chi connectivity index (χ0v) is 9.91. The first kappa shape index (κ1) is 11.9. The van der Waals surface area contributed by atoms with E-state index in [2.05, 4.69) is 24.3 Å². The van der Waals surface area contributed by atoms with E-state index in [1.165, 1.54) is 0 Å². The normalized spacial score (nSPS) is 12.1. The summed E-state index contributed by atoms with van der Waals surface area (Å²) in [5.41, 5.74) is 7.99. The van der Waals surface area contributed by atoms with Crippen LogP contribution in [0.2, 0.25) is 0 Å². The lowest BCUT2D eigenvalue weighted by Gasteiger charge is -2.17. The van der Waals surface area contributed by atoms with Crippen molar-refractivity contribution in [3.8, 4) is 0 Å². The van der Waals surface area contributed by atoms with Crippen LogP contribution in [0.4, 0.5) is 0 Å². The van der Waals surface area contributed by atoms with Crippen LogP contribution < -0.4 is 16.7 Å². The van der Waals surface area contributed by atoms with Gasteiger partial charge in [-0.25, -0.2) is 0 Å². The van der Waals surface area contributed by atoms with E-state index in [-0.39, 0.29) is 13.1 Å². The Labute approximate surface area is 103 Å². The molecule has 0 aliphatic carbocycles. The summed E-state index contributed by atoms with van der Waals surface area (Å²) in [6, 6.07) is 20.3. The molecule has 3 heteroatoms. The van der Waals surface area contributed by atoms with Gasteiger partial charge in [-0.15, -0.1) is 0 Å². The number of rotatable bonds is 4. The highest BCUT2D eigenvalue weighted by Gasteiger charge is 2.21. The molecule has 0 aromatic heterocycles. The Morgan fingerprint density at radius 1 is 0.882 bits per heavy atom. The van der Waals surface area contributed by atoms with Crippen molar-refractivity contribution in [1.82, 2.24) is 0 Å². The summed E-state index contributed by atoms with van der Waals surface area (Å²) in [5.74, 6) is 0. The van der Waals surface area contributed by atoms with Crippen LogP contribution in [0.3, 0.4) is 0 Å². The molecular formula is C14H16BNO. The molecule has 0 aliphatic heterocycles. The van der Waals surface area contributed by atoms with Crippen molar-refractivity contribution >= 4 is 17.8 Å². The summed E-state index contributed by atoms with van der Waals surface area (Å²) in [5, 5.41) is 0. The smallest absolute Gasteiger partial charge is 0.362 e. The van der Waals surface area contributed by atoms with Gasteiger partial charge in [-0.2, -0.15) is 0 Å². The van der Waals surface area contributed by atoms with E-state index in [9.17, 15) is 0 Å². The zero-order valence-electron chi connectivity index (χ0n) is 9.91. The predicted octanol–water partition coefficient (Wildman–Crippen LogP) is 1.11. The largest absolute Gasteiger partial charge is 0.412 e. The Hall–Kier alpha value is -1.58. The number of hydrogen-bond donors (Lipinski definition) is 1. The van der Waals surface area contributed by atoms with Gasteiger partial charge in [-0.1, -0.05) is 60.7 Å². The van der Waals surface area contributed by atoms with E-state index < -0.39 is 0 Å². The third-order valence-electron chi connectivity index (χ3n) is 2.56. The summed E-state index contributed by atoms with van der Waals surface area (Å²) in [6.07, 6.45) is -0.291. The molecule has 17 heavy (non-hydrogen) atoms. The van der Waals surface area contributed by atoms with Crippen molar-refractivity contribution in [2.75, 3.05) is 0 Å². The Morgan fingerprint density at radius 3 is 1.65 bits per heavy atom. The number of nitrogens with two attached hydrogens (primary N) is 1. The van der Waals surface area contributed by atoms with E-state index in [1.807, 2.05) is 43.3 Å². The predicted molar refractivity (Wildman–Crippen MR) is 72.6 cm³/mol. The SMILES string of the molecule is CC(N)OB(c1ccccc1)c1ccccc1. The third kappa shape index (κ3) is 3.19. The second-order valence-corrected chi connectivity index (χ2v) is 4.04. The molecule has 0 saturated carbocycles. The number of hydrogen-bond acceptors (Lipinski definition) is 2. The molecule has 0 amide bonds. The van der Waals surface area contributed by atoms with Crippen LogP contribution in [-0.2, 0) is 4.65 Å². The van der Waals surface area contributed by atoms with Gasteiger partial charge in [0.2, 0.25) is 0 Å². The molecule has 0 spiro atoms. The van der Waals surface area contributed by atoms with Gasteiger partial charge in [0.05, 0.1) is 6.23 Å². The molecule has 0 heterocycles. The van der Waals surface area contributed by atoms with Crippen LogP contribution in [0.1, 0.15) is 6.92 Å². The summed E-state index contributed by atoms with van der Waals surface area (Å²) in [7, 11) is 0. The van der Waals surface area contributed by atoms with Crippen LogP contribution >= 0.6 is 0 Å². The molecule has 2 aromatic carbocycles. The average molecular weight is 225 g/mol. The topological polar surface area (TPSA) is 35.2 Å². The molecule has 2 N–H and O–H groups in total. The lowest BCUT2D eigenvalue weighted by Crippen LogP contribution is -2.48. The zero-order chi connectivity index (χ0) is 12.1. The lowest BCUT2D eigenvalue weighted by molar-refractivity contribution is 0.240. The summed E-state index contributed by atoms with van der Waals surface area (Å²) < 4.78 is 5.80. The van der Waals surface area contributed by atoms with Crippen molar-refractivity contribution in [1.29, 1.82) is 0 Å². The van der Waals surface area contributed by atoms with Gasteiger partial charge >= 0.3 is 6.92 Å². The molecule has 2 aromatic rings. The minimum atomic E-state index is -0.291. The minimum absolute atomic E-state index is 0.0996. The highest BCUT2D eigenvalue weighted by molar-refractivity contribution is 6.80. The van der Waals surface area contributed by atoms with Crippen molar-refractivity contribution < 1.29 is 4.65 Å². The van der Waals surface area contributed by atoms with Crippen molar-refractivity contribution in [2.24, 2.45) is 5.73 Å². The van der Waals surface area contributed by atoms with Crippen molar-refractivity contribution in [3.05, 3.63) is 60.7 Å². The van der Waals surface area contributed by atoms with E-state index in [0.29, 0.717) is 0 Å². The van der Waals surface area contributed by atoms with Crippen LogP contribution in [-0.4, -0.2) is 13.1 Å². The summed E-state index contributed by atoms with van der Waals surface area (Å²) >= 11 is 0. The van der Waals surface area contributed by atoms with Crippen LogP contribution in [0.25, 0.3) is 0 Å². The molecule has 2 rings (SSSR count). The van der Waals surface area contributed by atoms with Gasteiger partial charge in [-0.05, 0) is 17.8 Å². The van der Waals surface area contributed by atoms with Crippen molar-refractivity contribution in [2.45, 2.75) is 13.2 Å². The molecule has 0 aliphatic rings. The van der Waals surface area contributed by atoms with Crippen LogP contribution in [0.5, 0.6) is 0 Å². The van der Waals surface area contributed by atoms with Crippen molar-refractivity contribution in [3.63, 3.8) is 0 Å². The quantitative estimate of drug-likeness (QED) is 0.625. The lowest BCUT2D eigenvalue weighted by atomic mass is 9.55. The van der Waals surface area contributed by atoms with Gasteiger partial charge in [0.15, 0.2) is 0 Å². The maximum Gasteiger partial charge on any atom is 0.362 e. The van der Waals surface area contributed by atoms with Gasteiger partial charge in [0.25, 0.3) is 0 Å². The molecule has 2 nitrogen and oxygen atoms in total. The van der Waals surface area contributed by atoms with E-state index in [0.717, 1.165) is 10.9 Å². The van der Waals surface area contributed by atoms with Gasteiger partial charge in [0, 0.05) is 0 Å². The van der Waals surface area contributed by atoms with E-state index >= 15 is 0 Å². The number of benzene rings is 2. The van der Waals surface area contributed by atoms with Gasteiger partial charge < -0.3 is 10.4 Å². The minimum Gasteiger partial charge on any atom is -0.412 e. The fourth-order valence-electron chi connectivity index (χ4n) is 1.82. The highest BCUT2D eigenvalue weighted by Crippen LogP contribution is 1.96. The molecular weight excluding hydrogens is 209 g/mol. The van der Waals surface area contributed by atoms with Crippen LogP contribution in [0, 0.1) is 0 Å². The maximum atomic E-state index is 5.80. The molecule has 0 radical (unpaired) electrons. The molecule has 0 fully saturated rings. The van der Waals surface area contributed by atoms with Gasteiger partial charge in [0.1, 0.15) is 0 Å². The standard InChI is InChI=1S/C14H16BNO/c1-12(16)17-15(13-8-4-2-5-9-13)14-10-6-3-7-11-14/h2-12H,16H2,1H3. The molecule has 0 bridgehead atoms.